The quantitative estimate of drug-likeness (QED) is 0.774. The van der Waals surface area contributed by atoms with Crippen LogP contribution in [-0.2, 0) is 0 Å². The fourth-order valence-corrected chi connectivity index (χ4v) is 2.28. The van der Waals surface area contributed by atoms with Crippen LogP contribution >= 0.6 is 0 Å². The van der Waals surface area contributed by atoms with Crippen molar-refractivity contribution < 1.29 is 9.53 Å². The Hall–Kier alpha value is -2.82. The molecule has 1 aromatic carbocycles. The summed E-state index contributed by atoms with van der Waals surface area (Å²) in [5.41, 5.74) is 2.29. The number of amides is 1. The highest BCUT2D eigenvalue weighted by Crippen LogP contribution is 2.22. The van der Waals surface area contributed by atoms with Crippen LogP contribution in [0.4, 0.5) is 5.82 Å². The lowest BCUT2D eigenvalue weighted by molar-refractivity contribution is 0.102. The number of nitrogens with zero attached hydrogens (tertiary/aromatic N) is 1. The molecule has 0 atom stereocenters. The molecule has 0 aliphatic heterocycles. The Labute approximate surface area is 128 Å². The van der Waals surface area contributed by atoms with Crippen molar-refractivity contribution in [3.8, 4) is 5.75 Å². The molecule has 0 aliphatic rings. The van der Waals surface area contributed by atoms with Crippen molar-refractivity contribution >= 4 is 22.6 Å². The van der Waals surface area contributed by atoms with Gasteiger partial charge in [-0.3, -0.25) is 4.79 Å². The molecule has 2 N–H and O–H groups in total. The van der Waals surface area contributed by atoms with E-state index in [1.54, 1.807) is 6.20 Å². The molecule has 0 aliphatic carbocycles. The number of aromatic nitrogens is 2. The fourth-order valence-electron chi connectivity index (χ4n) is 2.28. The first-order chi connectivity index (χ1) is 10.7. The average Bonchev–Trinajstić information content (AvgIpc) is 2.93. The number of hydrogen-bond acceptors (Lipinski definition) is 3. The van der Waals surface area contributed by atoms with Gasteiger partial charge in [0.05, 0.1) is 6.61 Å². The summed E-state index contributed by atoms with van der Waals surface area (Å²) < 4.78 is 5.46. The summed E-state index contributed by atoms with van der Waals surface area (Å²) in [6.45, 7) is 4.45. The summed E-state index contributed by atoms with van der Waals surface area (Å²) in [5.74, 6) is 1.14. The summed E-state index contributed by atoms with van der Waals surface area (Å²) in [6.07, 6.45) is 1.65. The first kappa shape index (κ1) is 14.1. The number of ether oxygens (including phenoxy) is 1. The Morgan fingerprint density at radius 1 is 1.32 bits per heavy atom. The highest BCUT2D eigenvalue weighted by Gasteiger charge is 2.12. The number of anilines is 1. The number of pyridine rings is 1. The molecule has 2 heterocycles. The lowest BCUT2D eigenvalue weighted by Crippen LogP contribution is -2.14. The average molecular weight is 295 g/mol. The Balaban J connectivity index is 1.86. The van der Waals surface area contributed by atoms with Gasteiger partial charge < -0.3 is 15.0 Å². The van der Waals surface area contributed by atoms with Crippen LogP contribution in [0.5, 0.6) is 5.75 Å². The molecule has 0 bridgehead atoms. The van der Waals surface area contributed by atoms with Gasteiger partial charge in [-0.1, -0.05) is 6.07 Å². The van der Waals surface area contributed by atoms with Crippen molar-refractivity contribution in [3.05, 3.63) is 53.9 Å². The normalized spacial score (nSPS) is 10.6. The lowest BCUT2D eigenvalue weighted by atomic mass is 10.2. The molecule has 22 heavy (non-hydrogen) atoms. The third-order valence-corrected chi connectivity index (χ3v) is 3.39. The van der Waals surface area contributed by atoms with Gasteiger partial charge in [-0.15, -0.1) is 0 Å². The molecule has 0 spiro atoms. The molecule has 5 nitrogen and oxygen atoms in total. The minimum absolute atomic E-state index is 0.212. The summed E-state index contributed by atoms with van der Waals surface area (Å²) >= 11 is 0. The van der Waals surface area contributed by atoms with E-state index in [0.717, 1.165) is 22.2 Å². The molecule has 0 fully saturated rings. The number of aryl methyl sites for hydroxylation is 1. The molecule has 0 radical (unpaired) electrons. The summed E-state index contributed by atoms with van der Waals surface area (Å²) in [6, 6.07) is 11.3. The molecule has 3 rings (SSSR count). The van der Waals surface area contributed by atoms with Crippen LogP contribution in [0.1, 0.15) is 23.0 Å². The molecular weight excluding hydrogens is 278 g/mol. The number of H-pyrrole nitrogens is 1. The van der Waals surface area contributed by atoms with Gasteiger partial charge in [0.2, 0.25) is 0 Å². The second-order valence-corrected chi connectivity index (χ2v) is 4.99. The van der Waals surface area contributed by atoms with Gasteiger partial charge in [-0.2, -0.15) is 0 Å². The van der Waals surface area contributed by atoms with E-state index < -0.39 is 0 Å². The van der Waals surface area contributed by atoms with Gasteiger partial charge in [-0.05, 0) is 43.7 Å². The molecule has 112 valence electrons. The van der Waals surface area contributed by atoms with Crippen molar-refractivity contribution in [2.75, 3.05) is 11.9 Å². The Bertz CT molecular complexity index is 824. The first-order valence-electron chi connectivity index (χ1n) is 7.16. The molecule has 2 aromatic heterocycles. The van der Waals surface area contributed by atoms with E-state index in [2.05, 4.69) is 15.3 Å². The highest BCUT2D eigenvalue weighted by atomic mass is 16.5. The number of rotatable bonds is 4. The zero-order chi connectivity index (χ0) is 15.5. The molecule has 3 aromatic rings. The number of aromatic amines is 1. The summed E-state index contributed by atoms with van der Waals surface area (Å²) in [4.78, 5) is 19.6. The predicted octanol–water partition coefficient (Wildman–Crippen LogP) is 3.52. The summed E-state index contributed by atoms with van der Waals surface area (Å²) in [7, 11) is 0. The Morgan fingerprint density at radius 2 is 2.18 bits per heavy atom. The predicted molar refractivity (Wildman–Crippen MR) is 86.4 cm³/mol. The second-order valence-electron chi connectivity index (χ2n) is 4.99. The van der Waals surface area contributed by atoms with Gasteiger partial charge in [-0.25, -0.2) is 4.98 Å². The molecule has 0 unspecified atom stereocenters. The maximum Gasteiger partial charge on any atom is 0.273 e. The van der Waals surface area contributed by atoms with Gasteiger partial charge in [0.15, 0.2) is 0 Å². The van der Waals surface area contributed by atoms with Crippen molar-refractivity contribution in [2.24, 2.45) is 0 Å². The zero-order valence-electron chi connectivity index (χ0n) is 12.5. The largest absolute Gasteiger partial charge is 0.494 e. The number of fused-ring (bicyclic) bond motifs is 1. The Morgan fingerprint density at radius 3 is 2.95 bits per heavy atom. The summed E-state index contributed by atoms with van der Waals surface area (Å²) in [5, 5.41) is 3.78. The van der Waals surface area contributed by atoms with Crippen LogP contribution in [-0.4, -0.2) is 22.5 Å². The van der Waals surface area contributed by atoms with E-state index in [4.69, 9.17) is 4.74 Å². The maximum atomic E-state index is 12.3. The molecule has 0 saturated carbocycles. The standard InChI is InChI=1S/C17H17N3O2/c1-3-22-13-7-6-12-9-15(19-14(12)10-13)17(21)20-16-11(2)5-4-8-18-16/h4-10,19H,3H2,1-2H3,(H,18,20,21). The third-order valence-electron chi connectivity index (χ3n) is 3.39. The van der Waals surface area contributed by atoms with E-state index in [-0.39, 0.29) is 5.91 Å². The van der Waals surface area contributed by atoms with Crippen LogP contribution in [0.3, 0.4) is 0 Å². The van der Waals surface area contributed by atoms with E-state index in [0.29, 0.717) is 18.1 Å². The minimum atomic E-state index is -0.212. The second kappa shape index (κ2) is 5.89. The number of carbonyl (C=O) groups excluding carboxylic acids is 1. The lowest BCUT2D eigenvalue weighted by Gasteiger charge is -2.05. The maximum absolute atomic E-state index is 12.3. The molecule has 1 amide bonds. The Kier molecular flexibility index (Phi) is 3.78. The van der Waals surface area contributed by atoms with E-state index in [9.17, 15) is 4.79 Å². The molecule has 5 heteroatoms. The smallest absolute Gasteiger partial charge is 0.273 e. The number of carbonyl (C=O) groups is 1. The monoisotopic (exact) mass is 295 g/mol. The van der Waals surface area contributed by atoms with Crippen molar-refractivity contribution in [1.82, 2.24) is 9.97 Å². The van der Waals surface area contributed by atoms with Crippen molar-refractivity contribution in [2.45, 2.75) is 13.8 Å². The number of benzene rings is 1. The first-order valence-corrected chi connectivity index (χ1v) is 7.16. The van der Waals surface area contributed by atoms with Gasteiger partial charge in [0.25, 0.3) is 5.91 Å². The third kappa shape index (κ3) is 2.79. The van der Waals surface area contributed by atoms with Crippen LogP contribution in [0, 0.1) is 6.92 Å². The highest BCUT2D eigenvalue weighted by molar-refractivity contribution is 6.05. The van der Waals surface area contributed by atoms with Crippen LogP contribution < -0.4 is 10.1 Å². The number of nitrogens with one attached hydrogen (secondary N) is 2. The topological polar surface area (TPSA) is 67.0 Å². The van der Waals surface area contributed by atoms with Crippen molar-refractivity contribution in [3.63, 3.8) is 0 Å². The van der Waals surface area contributed by atoms with Crippen LogP contribution in [0.2, 0.25) is 0 Å². The molecular formula is C17H17N3O2. The zero-order valence-corrected chi connectivity index (χ0v) is 12.5. The van der Waals surface area contributed by atoms with E-state index in [1.807, 2.05) is 50.2 Å². The SMILES string of the molecule is CCOc1ccc2cc(C(=O)Nc3ncccc3C)[nH]c2c1. The van der Waals surface area contributed by atoms with Gasteiger partial charge >= 0.3 is 0 Å². The van der Waals surface area contributed by atoms with Crippen LogP contribution in [0.25, 0.3) is 10.9 Å². The van der Waals surface area contributed by atoms with Crippen LogP contribution in [0.15, 0.2) is 42.6 Å². The fraction of sp³-hybridized carbons (Fsp3) is 0.176. The minimum Gasteiger partial charge on any atom is -0.494 e. The van der Waals surface area contributed by atoms with Gasteiger partial charge in [0, 0.05) is 23.2 Å². The number of hydrogen-bond donors (Lipinski definition) is 2. The van der Waals surface area contributed by atoms with E-state index in [1.165, 1.54) is 0 Å². The van der Waals surface area contributed by atoms with E-state index >= 15 is 0 Å². The van der Waals surface area contributed by atoms with Crippen molar-refractivity contribution in [1.29, 1.82) is 0 Å². The van der Waals surface area contributed by atoms with Gasteiger partial charge in [0.1, 0.15) is 17.3 Å². The molecule has 0 saturated heterocycles.